The number of unbranched alkanes of at least 4 members (excludes halogenated alkanes) is 1. The number of nitrogens with one attached hydrogen (secondary N) is 1. The van der Waals surface area contributed by atoms with Crippen molar-refractivity contribution < 1.29 is 14.7 Å². The lowest BCUT2D eigenvalue weighted by atomic mass is 9.79. The molecule has 1 amide bonds. The molecular formula is C15H27NO3. The molecule has 1 aliphatic rings. The van der Waals surface area contributed by atoms with Crippen molar-refractivity contribution in [1.82, 2.24) is 5.32 Å². The predicted octanol–water partition coefficient (Wildman–Crippen LogP) is 2.82. The Morgan fingerprint density at radius 2 is 1.89 bits per heavy atom. The van der Waals surface area contributed by atoms with Crippen molar-refractivity contribution in [2.75, 3.05) is 6.54 Å². The number of carboxylic acids is 1. The number of hydrogen-bond acceptors (Lipinski definition) is 2. The zero-order chi connectivity index (χ0) is 14.3. The SMILES string of the molecule is CCCCC1CCC(C(=O)NCC(C)C(=O)O)CC1. The van der Waals surface area contributed by atoms with Crippen molar-refractivity contribution in [3.63, 3.8) is 0 Å². The Labute approximate surface area is 116 Å². The Hall–Kier alpha value is -1.06. The van der Waals surface area contributed by atoms with Crippen molar-refractivity contribution in [2.24, 2.45) is 17.8 Å². The molecule has 1 saturated carbocycles. The standard InChI is InChI=1S/C15H27NO3/c1-3-4-5-12-6-8-13(9-7-12)14(17)16-10-11(2)15(18)19/h11-13H,3-10H2,1-2H3,(H,16,17)(H,18,19). The number of carbonyl (C=O) groups is 2. The van der Waals surface area contributed by atoms with Gasteiger partial charge in [0.1, 0.15) is 0 Å². The van der Waals surface area contributed by atoms with Crippen LogP contribution in [-0.2, 0) is 9.59 Å². The lowest BCUT2D eigenvalue weighted by molar-refractivity contribution is -0.141. The van der Waals surface area contributed by atoms with Crippen LogP contribution >= 0.6 is 0 Å². The Kier molecular flexibility index (Phi) is 6.89. The maximum atomic E-state index is 11.9. The number of carboxylic acid groups (broad SMARTS) is 1. The second-order valence-electron chi connectivity index (χ2n) is 5.84. The molecule has 1 rings (SSSR count). The maximum Gasteiger partial charge on any atom is 0.308 e. The van der Waals surface area contributed by atoms with Gasteiger partial charge in [-0.05, 0) is 31.6 Å². The predicted molar refractivity (Wildman–Crippen MR) is 74.8 cm³/mol. The van der Waals surface area contributed by atoms with Gasteiger partial charge in [0, 0.05) is 12.5 Å². The van der Waals surface area contributed by atoms with E-state index in [1.54, 1.807) is 6.92 Å². The van der Waals surface area contributed by atoms with Crippen LogP contribution < -0.4 is 5.32 Å². The topological polar surface area (TPSA) is 66.4 Å². The molecule has 1 aliphatic carbocycles. The Bertz CT molecular complexity index is 296. The zero-order valence-corrected chi connectivity index (χ0v) is 12.2. The van der Waals surface area contributed by atoms with Crippen LogP contribution in [0.5, 0.6) is 0 Å². The maximum absolute atomic E-state index is 11.9. The minimum absolute atomic E-state index is 0.0436. The Morgan fingerprint density at radius 1 is 1.26 bits per heavy atom. The minimum Gasteiger partial charge on any atom is -0.481 e. The lowest BCUT2D eigenvalue weighted by Gasteiger charge is -2.27. The van der Waals surface area contributed by atoms with E-state index >= 15 is 0 Å². The molecule has 1 unspecified atom stereocenters. The van der Waals surface area contributed by atoms with Gasteiger partial charge in [-0.2, -0.15) is 0 Å². The molecule has 0 spiro atoms. The highest BCUT2D eigenvalue weighted by Gasteiger charge is 2.26. The average Bonchev–Trinajstić information content (AvgIpc) is 2.42. The smallest absolute Gasteiger partial charge is 0.308 e. The van der Waals surface area contributed by atoms with Crippen molar-refractivity contribution in [1.29, 1.82) is 0 Å². The Morgan fingerprint density at radius 3 is 2.42 bits per heavy atom. The van der Waals surface area contributed by atoms with E-state index in [4.69, 9.17) is 5.11 Å². The fourth-order valence-electron chi connectivity index (χ4n) is 2.69. The van der Waals surface area contributed by atoms with Crippen LogP contribution in [0.1, 0.15) is 58.8 Å². The normalized spacial score (nSPS) is 24.7. The number of carbonyl (C=O) groups excluding carboxylic acids is 1. The number of amides is 1. The van der Waals surface area contributed by atoms with E-state index in [0.29, 0.717) is 0 Å². The first-order valence-electron chi connectivity index (χ1n) is 7.55. The molecule has 4 nitrogen and oxygen atoms in total. The van der Waals surface area contributed by atoms with Gasteiger partial charge in [-0.15, -0.1) is 0 Å². The quantitative estimate of drug-likeness (QED) is 0.747. The summed E-state index contributed by atoms with van der Waals surface area (Å²) in [4.78, 5) is 22.6. The third kappa shape index (κ3) is 5.62. The summed E-state index contributed by atoms with van der Waals surface area (Å²) in [6.07, 6.45) is 8.04. The molecule has 2 N–H and O–H groups in total. The molecule has 4 heteroatoms. The molecule has 110 valence electrons. The molecule has 0 aliphatic heterocycles. The molecule has 1 fully saturated rings. The highest BCUT2D eigenvalue weighted by atomic mass is 16.4. The molecule has 0 bridgehead atoms. The monoisotopic (exact) mass is 269 g/mol. The molecule has 19 heavy (non-hydrogen) atoms. The van der Waals surface area contributed by atoms with Gasteiger partial charge in [0.2, 0.25) is 5.91 Å². The van der Waals surface area contributed by atoms with E-state index in [-0.39, 0.29) is 18.4 Å². The van der Waals surface area contributed by atoms with E-state index in [0.717, 1.165) is 31.6 Å². The van der Waals surface area contributed by atoms with Crippen LogP contribution in [0, 0.1) is 17.8 Å². The summed E-state index contributed by atoms with van der Waals surface area (Å²) < 4.78 is 0. The van der Waals surface area contributed by atoms with E-state index in [1.165, 1.54) is 19.3 Å². The first-order valence-corrected chi connectivity index (χ1v) is 7.55. The summed E-state index contributed by atoms with van der Waals surface area (Å²) in [5, 5.41) is 11.5. The largest absolute Gasteiger partial charge is 0.481 e. The van der Waals surface area contributed by atoms with Crippen molar-refractivity contribution in [2.45, 2.75) is 58.8 Å². The van der Waals surface area contributed by atoms with Crippen molar-refractivity contribution in [3.05, 3.63) is 0 Å². The summed E-state index contributed by atoms with van der Waals surface area (Å²) in [7, 11) is 0. The molecule has 1 atom stereocenters. The zero-order valence-electron chi connectivity index (χ0n) is 12.2. The van der Waals surface area contributed by atoms with Crippen LogP contribution in [0.4, 0.5) is 0 Å². The first-order chi connectivity index (χ1) is 9.04. The van der Waals surface area contributed by atoms with Gasteiger partial charge < -0.3 is 10.4 Å². The molecule has 0 aromatic heterocycles. The van der Waals surface area contributed by atoms with E-state index in [2.05, 4.69) is 12.2 Å². The number of rotatable bonds is 7. The molecule has 0 radical (unpaired) electrons. The van der Waals surface area contributed by atoms with E-state index < -0.39 is 11.9 Å². The highest BCUT2D eigenvalue weighted by Crippen LogP contribution is 2.31. The molecule has 0 saturated heterocycles. The van der Waals surface area contributed by atoms with Crippen LogP contribution in [0.2, 0.25) is 0 Å². The molecular weight excluding hydrogens is 242 g/mol. The van der Waals surface area contributed by atoms with Crippen molar-refractivity contribution in [3.8, 4) is 0 Å². The summed E-state index contributed by atoms with van der Waals surface area (Å²) in [6.45, 7) is 4.07. The highest BCUT2D eigenvalue weighted by molar-refractivity contribution is 5.79. The van der Waals surface area contributed by atoms with E-state index in [9.17, 15) is 9.59 Å². The van der Waals surface area contributed by atoms with Gasteiger partial charge in [-0.25, -0.2) is 0 Å². The first kappa shape index (κ1) is 16.0. The second-order valence-corrected chi connectivity index (χ2v) is 5.84. The Balaban J connectivity index is 2.23. The fraction of sp³-hybridized carbons (Fsp3) is 0.867. The number of aliphatic carboxylic acids is 1. The summed E-state index contributed by atoms with van der Waals surface area (Å²) in [5.41, 5.74) is 0. The van der Waals surface area contributed by atoms with Crippen LogP contribution in [0.25, 0.3) is 0 Å². The van der Waals surface area contributed by atoms with Gasteiger partial charge in [0.05, 0.1) is 5.92 Å². The van der Waals surface area contributed by atoms with Gasteiger partial charge in [-0.1, -0.05) is 33.1 Å². The van der Waals surface area contributed by atoms with Crippen LogP contribution in [0.15, 0.2) is 0 Å². The van der Waals surface area contributed by atoms with Crippen molar-refractivity contribution >= 4 is 11.9 Å². The van der Waals surface area contributed by atoms with Gasteiger partial charge in [0.15, 0.2) is 0 Å². The molecule has 0 aromatic rings. The second kappa shape index (κ2) is 8.18. The molecule has 0 aromatic carbocycles. The van der Waals surface area contributed by atoms with E-state index in [1.807, 2.05) is 0 Å². The summed E-state index contributed by atoms with van der Waals surface area (Å²) in [6, 6.07) is 0. The van der Waals surface area contributed by atoms with Crippen LogP contribution in [-0.4, -0.2) is 23.5 Å². The van der Waals surface area contributed by atoms with Gasteiger partial charge in [0.25, 0.3) is 0 Å². The fourth-order valence-corrected chi connectivity index (χ4v) is 2.69. The van der Waals surface area contributed by atoms with Gasteiger partial charge in [-0.3, -0.25) is 9.59 Å². The van der Waals surface area contributed by atoms with Gasteiger partial charge >= 0.3 is 5.97 Å². The number of hydrogen-bond donors (Lipinski definition) is 2. The molecule has 0 heterocycles. The third-order valence-corrected chi connectivity index (χ3v) is 4.19. The average molecular weight is 269 g/mol. The third-order valence-electron chi connectivity index (χ3n) is 4.19. The minimum atomic E-state index is -0.858. The van der Waals surface area contributed by atoms with Crippen LogP contribution in [0.3, 0.4) is 0 Å². The summed E-state index contributed by atoms with van der Waals surface area (Å²) in [5.74, 6) is -0.434. The lowest BCUT2D eigenvalue weighted by Crippen LogP contribution is -2.37. The summed E-state index contributed by atoms with van der Waals surface area (Å²) >= 11 is 0.